The first-order chi connectivity index (χ1) is 12.6. The minimum atomic E-state index is 0.131. The van der Waals surface area contributed by atoms with Gasteiger partial charge in [-0.05, 0) is 37.5 Å². The van der Waals surface area contributed by atoms with Crippen molar-refractivity contribution < 1.29 is 9.59 Å². The summed E-state index contributed by atoms with van der Waals surface area (Å²) >= 11 is 0. The highest BCUT2D eigenvalue weighted by Gasteiger charge is 2.10. The Morgan fingerprint density at radius 2 is 1.04 bits per heavy atom. The van der Waals surface area contributed by atoms with Gasteiger partial charge < -0.3 is 10.6 Å². The molecular weight excluding hydrogens is 324 g/mol. The molecule has 0 aromatic heterocycles. The molecule has 0 rings (SSSR count). The van der Waals surface area contributed by atoms with Crippen LogP contribution in [-0.4, -0.2) is 24.9 Å². The number of hydrogen-bond donors (Lipinski definition) is 2. The van der Waals surface area contributed by atoms with Gasteiger partial charge in [-0.15, -0.1) is 0 Å². The Balaban J connectivity index is 3.73. The van der Waals surface area contributed by atoms with E-state index >= 15 is 0 Å². The van der Waals surface area contributed by atoms with Crippen LogP contribution in [0.2, 0.25) is 0 Å². The maximum atomic E-state index is 11.9. The molecule has 0 aromatic carbocycles. The number of hydrogen-bond acceptors (Lipinski definition) is 2. The lowest BCUT2D eigenvalue weighted by molar-refractivity contribution is -0.123. The molecule has 0 heterocycles. The summed E-state index contributed by atoms with van der Waals surface area (Å²) in [5, 5.41) is 6.12. The molecular formula is C22H44N2O2. The molecule has 0 bridgehead atoms. The average molecular weight is 369 g/mol. The van der Waals surface area contributed by atoms with Crippen molar-refractivity contribution in [2.45, 2.75) is 105 Å². The molecule has 0 aliphatic rings. The highest BCUT2D eigenvalue weighted by Crippen LogP contribution is 2.12. The number of rotatable bonds is 17. The standard InChI is InChI=1S/C22H44N2O2/c1-5-9-13-19(7-3)17-23-21(25)15-11-12-16-22(26)24-18-20(8-4)14-10-6-2/h19-20H,5-18H2,1-4H3,(H,23,25)(H,24,26). The number of unbranched alkanes of at least 4 members (excludes halogenated alkanes) is 3. The van der Waals surface area contributed by atoms with Crippen LogP contribution in [0.3, 0.4) is 0 Å². The lowest BCUT2D eigenvalue weighted by Gasteiger charge is -2.15. The summed E-state index contributed by atoms with van der Waals surface area (Å²) in [5.74, 6) is 1.46. The first-order valence-electron chi connectivity index (χ1n) is 11.1. The Morgan fingerprint density at radius 1 is 0.654 bits per heavy atom. The van der Waals surface area contributed by atoms with Gasteiger partial charge in [-0.3, -0.25) is 9.59 Å². The van der Waals surface area contributed by atoms with Crippen molar-refractivity contribution in [1.82, 2.24) is 10.6 Å². The van der Waals surface area contributed by atoms with Gasteiger partial charge in [-0.25, -0.2) is 0 Å². The third-order valence-electron chi connectivity index (χ3n) is 5.32. The summed E-state index contributed by atoms with van der Waals surface area (Å²) in [7, 11) is 0. The van der Waals surface area contributed by atoms with Gasteiger partial charge >= 0.3 is 0 Å². The maximum Gasteiger partial charge on any atom is 0.220 e. The van der Waals surface area contributed by atoms with E-state index in [2.05, 4.69) is 38.3 Å². The normalized spacial score (nSPS) is 13.2. The lowest BCUT2D eigenvalue weighted by atomic mass is 9.99. The third-order valence-corrected chi connectivity index (χ3v) is 5.32. The lowest BCUT2D eigenvalue weighted by Crippen LogP contribution is -2.29. The van der Waals surface area contributed by atoms with Crippen LogP contribution < -0.4 is 10.6 Å². The van der Waals surface area contributed by atoms with Gasteiger partial charge in [0, 0.05) is 25.9 Å². The molecule has 154 valence electrons. The van der Waals surface area contributed by atoms with E-state index in [-0.39, 0.29) is 11.8 Å². The molecule has 0 aromatic rings. The number of amides is 2. The number of carbonyl (C=O) groups is 2. The fourth-order valence-electron chi connectivity index (χ4n) is 3.15. The van der Waals surface area contributed by atoms with Crippen molar-refractivity contribution in [2.24, 2.45) is 11.8 Å². The van der Waals surface area contributed by atoms with Crippen molar-refractivity contribution >= 4 is 11.8 Å². The number of carbonyl (C=O) groups excluding carboxylic acids is 2. The smallest absolute Gasteiger partial charge is 0.220 e. The van der Waals surface area contributed by atoms with Gasteiger partial charge in [-0.2, -0.15) is 0 Å². The molecule has 2 amide bonds. The van der Waals surface area contributed by atoms with E-state index in [9.17, 15) is 9.59 Å². The molecule has 26 heavy (non-hydrogen) atoms. The molecule has 0 aliphatic heterocycles. The Kier molecular flexibility index (Phi) is 16.7. The van der Waals surface area contributed by atoms with Crippen molar-refractivity contribution in [3.63, 3.8) is 0 Å². The Morgan fingerprint density at radius 3 is 1.35 bits per heavy atom. The van der Waals surface area contributed by atoms with E-state index < -0.39 is 0 Å². The van der Waals surface area contributed by atoms with Gasteiger partial charge in [0.25, 0.3) is 0 Å². The highest BCUT2D eigenvalue weighted by atomic mass is 16.2. The van der Waals surface area contributed by atoms with Crippen molar-refractivity contribution in [3.05, 3.63) is 0 Å². The molecule has 0 fully saturated rings. The van der Waals surface area contributed by atoms with Crippen LogP contribution in [0, 0.1) is 11.8 Å². The average Bonchev–Trinajstić information content (AvgIpc) is 2.65. The van der Waals surface area contributed by atoms with E-state index in [1.807, 2.05) is 0 Å². The predicted molar refractivity (Wildman–Crippen MR) is 111 cm³/mol. The van der Waals surface area contributed by atoms with Crippen molar-refractivity contribution in [3.8, 4) is 0 Å². The molecule has 2 N–H and O–H groups in total. The molecule has 0 saturated heterocycles. The molecule has 0 aliphatic carbocycles. The van der Waals surface area contributed by atoms with Gasteiger partial charge in [0.15, 0.2) is 0 Å². The van der Waals surface area contributed by atoms with Gasteiger partial charge in [0.2, 0.25) is 11.8 Å². The van der Waals surface area contributed by atoms with Crippen LogP contribution in [0.1, 0.15) is 105 Å². The maximum absolute atomic E-state index is 11.9. The second-order valence-electron chi connectivity index (χ2n) is 7.65. The topological polar surface area (TPSA) is 58.2 Å². The second-order valence-corrected chi connectivity index (χ2v) is 7.65. The summed E-state index contributed by atoms with van der Waals surface area (Å²) < 4.78 is 0. The van der Waals surface area contributed by atoms with Gasteiger partial charge in [-0.1, -0.05) is 66.2 Å². The quantitative estimate of drug-likeness (QED) is 0.346. The molecule has 2 atom stereocenters. The zero-order valence-corrected chi connectivity index (χ0v) is 17.9. The Bertz CT molecular complexity index is 324. The summed E-state index contributed by atoms with van der Waals surface area (Å²) in [6.07, 6.45) is 12.2. The minimum Gasteiger partial charge on any atom is -0.356 e. The zero-order valence-electron chi connectivity index (χ0n) is 17.9. The summed E-state index contributed by atoms with van der Waals surface area (Å²) in [6, 6.07) is 0. The van der Waals surface area contributed by atoms with Crippen LogP contribution in [0.5, 0.6) is 0 Å². The molecule has 0 saturated carbocycles. The first-order valence-corrected chi connectivity index (χ1v) is 11.1. The van der Waals surface area contributed by atoms with E-state index in [4.69, 9.17) is 0 Å². The Labute approximate surface area is 162 Å². The Hall–Kier alpha value is -1.06. The van der Waals surface area contributed by atoms with Gasteiger partial charge in [0.05, 0.1) is 0 Å². The predicted octanol–water partition coefficient (Wildman–Crippen LogP) is 5.21. The van der Waals surface area contributed by atoms with E-state index in [0.29, 0.717) is 24.7 Å². The third kappa shape index (κ3) is 14.1. The second kappa shape index (κ2) is 17.4. The van der Waals surface area contributed by atoms with E-state index in [1.54, 1.807) is 0 Å². The molecule has 4 nitrogen and oxygen atoms in total. The van der Waals surface area contributed by atoms with Crippen LogP contribution in [-0.2, 0) is 9.59 Å². The van der Waals surface area contributed by atoms with Crippen molar-refractivity contribution in [1.29, 1.82) is 0 Å². The van der Waals surface area contributed by atoms with Crippen molar-refractivity contribution in [2.75, 3.05) is 13.1 Å². The summed E-state index contributed by atoms with van der Waals surface area (Å²) in [4.78, 5) is 23.8. The largest absolute Gasteiger partial charge is 0.356 e. The molecule has 4 heteroatoms. The van der Waals surface area contributed by atoms with E-state index in [0.717, 1.165) is 38.8 Å². The first kappa shape index (κ1) is 24.9. The summed E-state index contributed by atoms with van der Waals surface area (Å²) in [6.45, 7) is 10.4. The number of nitrogens with one attached hydrogen (secondary N) is 2. The van der Waals surface area contributed by atoms with Crippen LogP contribution in [0.4, 0.5) is 0 Å². The zero-order chi connectivity index (χ0) is 19.6. The fraction of sp³-hybridized carbons (Fsp3) is 0.909. The van der Waals surface area contributed by atoms with Crippen LogP contribution in [0.25, 0.3) is 0 Å². The molecule has 2 unspecified atom stereocenters. The van der Waals surface area contributed by atoms with Crippen LogP contribution >= 0.6 is 0 Å². The van der Waals surface area contributed by atoms with Crippen LogP contribution in [0.15, 0.2) is 0 Å². The molecule has 0 spiro atoms. The fourth-order valence-corrected chi connectivity index (χ4v) is 3.15. The monoisotopic (exact) mass is 368 g/mol. The van der Waals surface area contributed by atoms with E-state index in [1.165, 1.54) is 38.5 Å². The SMILES string of the molecule is CCCCC(CC)CNC(=O)CCCCC(=O)NCC(CC)CCCC. The minimum absolute atomic E-state index is 0.131. The highest BCUT2D eigenvalue weighted by molar-refractivity contribution is 5.77. The summed E-state index contributed by atoms with van der Waals surface area (Å²) in [5.41, 5.74) is 0. The van der Waals surface area contributed by atoms with Gasteiger partial charge in [0.1, 0.15) is 0 Å². The molecule has 0 radical (unpaired) electrons.